The summed E-state index contributed by atoms with van der Waals surface area (Å²) in [6, 6.07) is 9.66. The smallest absolute Gasteiger partial charge is 0.458 e. The van der Waals surface area contributed by atoms with Crippen molar-refractivity contribution in [3.05, 3.63) is 29.8 Å². The molecule has 0 spiro atoms. The molecule has 0 aliphatic rings. The molecule has 0 bridgehead atoms. The van der Waals surface area contributed by atoms with Crippen molar-refractivity contribution in [1.29, 1.82) is 0 Å². The van der Waals surface area contributed by atoms with Gasteiger partial charge in [0, 0.05) is 0 Å². The molecule has 0 heterocycles. The number of amides is 2. The first-order valence-electron chi connectivity index (χ1n) is 8.88. The van der Waals surface area contributed by atoms with Gasteiger partial charge in [-0.3, -0.25) is 0 Å². The maximum atomic E-state index is 12.0. The Morgan fingerprint density at radius 1 is 0.880 bits per heavy atom. The minimum absolute atomic E-state index is 0.356. The van der Waals surface area contributed by atoms with Gasteiger partial charge < -0.3 is 9.16 Å². The van der Waals surface area contributed by atoms with Crippen LogP contribution in [-0.4, -0.2) is 20.5 Å². The molecule has 25 heavy (non-hydrogen) atoms. The maximum Gasteiger partial charge on any atom is 0.458 e. The third-order valence-corrected chi connectivity index (χ3v) is 8.70. The van der Waals surface area contributed by atoms with Crippen LogP contribution in [0.1, 0.15) is 45.6 Å². The fourth-order valence-corrected chi connectivity index (χ4v) is 7.11. The highest BCUT2D eigenvalue weighted by molar-refractivity contribution is 6.75. The first-order chi connectivity index (χ1) is 11.9. The fourth-order valence-electron chi connectivity index (χ4n) is 2.91. The summed E-state index contributed by atoms with van der Waals surface area (Å²) in [6.45, 7) is 8.18. The Balaban J connectivity index is 2.66. The van der Waals surface area contributed by atoms with Gasteiger partial charge in [-0.15, -0.1) is 0 Å². The van der Waals surface area contributed by atoms with E-state index in [1.54, 1.807) is 12.1 Å². The van der Waals surface area contributed by atoms with Crippen molar-refractivity contribution in [3.63, 3.8) is 0 Å². The third kappa shape index (κ3) is 7.60. The number of benzene rings is 1. The van der Waals surface area contributed by atoms with Gasteiger partial charge in [-0.2, -0.15) is 0 Å². The monoisotopic (exact) mass is 364 g/mol. The van der Waals surface area contributed by atoms with Crippen molar-refractivity contribution in [2.45, 2.75) is 65.1 Å². The van der Waals surface area contributed by atoms with Gasteiger partial charge >= 0.3 is 12.2 Å². The van der Waals surface area contributed by atoms with E-state index in [0.29, 0.717) is 5.75 Å². The van der Waals surface area contributed by atoms with Crippen LogP contribution < -0.4 is 4.74 Å². The van der Waals surface area contributed by atoms with Gasteiger partial charge in [0.2, 0.25) is 0 Å². The first-order valence-corrected chi connectivity index (χ1v) is 11.4. The highest BCUT2D eigenvalue weighted by Crippen LogP contribution is 2.28. The van der Waals surface area contributed by atoms with Crippen molar-refractivity contribution in [1.82, 2.24) is 0 Å². The molecule has 0 saturated carbocycles. The van der Waals surface area contributed by atoms with E-state index in [1.165, 1.54) is 0 Å². The number of aryl methyl sites for hydroxylation is 1. The number of rotatable bonds is 8. The summed E-state index contributed by atoms with van der Waals surface area (Å²) in [6.07, 6.45) is 1.17. The summed E-state index contributed by atoms with van der Waals surface area (Å²) in [5, 5.41) is 6.71. The molecule has 0 saturated heterocycles. The van der Waals surface area contributed by atoms with Crippen molar-refractivity contribution < 1.29 is 18.8 Å². The van der Waals surface area contributed by atoms with Gasteiger partial charge in [0.1, 0.15) is 5.75 Å². The minimum atomic E-state index is -2.17. The lowest BCUT2D eigenvalue weighted by atomic mass is 10.2. The zero-order chi connectivity index (χ0) is 18.7. The second-order valence-electron chi connectivity index (χ2n) is 6.18. The number of hydrogen-bond acceptors (Lipinski definition) is 4. The Hall–Kier alpha value is -2.02. The second-order valence-corrected chi connectivity index (χ2v) is 10.3. The summed E-state index contributed by atoms with van der Waals surface area (Å²) < 4.78 is 10.7. The summed E-state index contributed by atoms with van der Waals surface area (Å²) >= 11 is 0. The molecular formula is C18H28N2O4Si. The molecule has 1 rings (SSSR count). The molecule has 0 fully saturated rings. The number of nitrogens with zero attached hydrogens (tertiary/aromatic N) is 2. The van der Waals surface area contributed by atoms with E-state index >= 15 is 0 Å². The summed E-state index contributed by atoms with van der Waals surface area (Å²) in [4.78, 5) is 23.7. The van der Waals surface area contributed by atoms with E-state index in [2.05, 4.69) is 31.0 Å². The summed E-state index contributed by atoms with van der Waals surface area (Å²) in [5.41, 5.74) is 1.05. The molecule has 0 N–H and O–H groups in total. The predicted octanol–water partition coefficient (Wildman–Crippen LogP) is 6.26. The van der Waals surface area contributed by atoms with E-state index in [9.17, 15) is 9.59 Å². The van der Waals surface area contributed by atoms with E-state index in [1.807, 2.05) is 19.1 Å². The van der Waals surface area contributed by atoms with Gasteiger partial charge in [0.15, 0.2) is 0 Å². The van der Waals surface area contributed by atoms with Crippen LogP contribution in [0.15, 0.2) is 34.5 Å². The lowest BCUT2D eigenvalue weighted by Crippen LogP contribution is -2.39. The number of carbonyl (C=O) groups is 2. The lowest BCUT2D eigenvalue weighted by molar-refractivity contribution is 0.198. The third-order valence-electron chi connectivity index (χ3n) is 3.86. The average molecular weight is 365 g/mol. The van der Waals surface area contributed by atoms with Gasteiger partial charge in [-0.1, -0.05) is 68.0 Å². The number of hydrogen-bond donors (Lipinski definition) is 0. The zero-order valence-corrected chi connectivity index (χ0v) is 16.6. The zero-order valence-electron chi connectivity index (χ0n) is 15.6. The molecule has 138 valence electrons. The Morgan fingerprint density at radius 2 is 1.36 bits per heavy atom. The quantitative estimate of drug-likeness (QED) is 0.403. The van der Waals surface area contributed by atoms with E-state index in [4.69, 9.17) is 9.16 Å². The van der Waals surface area contributed by atoms with Crippen molar-refractivity contribution in [2.24, 2.45) is 10.2 Å². The van der Waals surface area contributed by atoms with Gasteiger partial charge in [-0.25, -0.2) is 9.59 Å². The van der Waals surface area contributed by atoms with Crippen LogP contribution in [-0.2, 0) is 4.43 Å². The number of ether oxygens (including phenoxy) is 1. The molecule has 0 aliphatic carbocycles. The topological polar surface area (TPSA) is 77.3 Å². The largest absolute Gasteiger partial charge is 0.501 e. The van der Waals surface area contributed by atoms with Crippen LogP contribution in [0.3, 0.4) is 0 Å². The first kappa shape index (κ1) is 21.0. The highest BCUT2D eigenvalue weighted by atomic mass is 28.4. The molecule has 1 aromatic carbocycles. The van der Waals surface area contributed by atoms with Crippen LogP contribution in [0.2, 0.25) is 18.1 Å². The van der Waals surface area contributed by atoms with Crippen molar-refractivity contribution >= 4 is 20.5 Å². The van der Waals surface area contributed by atoms with Gasteiger partial charge in [0.05, 0.1) is 0 Å². The van der Waals surface area contributed by atoms with Crippen molar-refractivity contribution in [3.8, 4) is 5.75 Å². The van der Waals surface area contributed by atoms with Crippen molar-refractivity contribution in [2.75, 3.05) is 0 Å². The molecule has 0 unspecified atom stereocenters. The summed E-state index contributed by atoms with van der Waals surface area (Å²) in [7, 11) is -2.17. The predicted molar refractivity (Wildman–Crippen MR) is 99.6 cm³/mol. The number of azo groups is 1. The normalized spacial score (nSPS) is 11.5. The molecular weight excluding hydrogens is 336 g/mol. The molecule has 2 amide bonds. The van der Waals surface area contributed by atoms with E-state index in [0.717, 1.165) is 43.0 Å². The van der Waals surface area contributed by atoms with Crippen LogP contribution in [0.4, 0.5) is 9.59 Å². The molecule has 0 radical (unpaired) electrons. The molecule has 7 heteroatoms. The lowest BCUT2D eigenvalue weighted by Gasteiger charge is -2.29. The van der Waals surface area contributed by atoms with Crippen LogP contribution in [0.25, 0.3) is 0 Å². The molecule has 6 nitrogen and oxygen atoms in total. The molecule has 1 aromatic rings. The maximum absolute atomic E-state index is 12.0. The number of carbonyl (C=O) groups excluding carboxylic acids is 2. The van der Waals surface area contributed by atoms with Crippen LogP contribution in [0, 0.1) is 6.92 Å². The Labute approximate surface area is 150 Å². The van der Waals surface area contributed by atoms with Gasteiger partial charge in [0.25, 0.3) is 8.32 Å². The Morgan fingerprint density at radius 3 is 1.84 bits per heavy atom. The highest BCUT2D eigenvalue weighted by Gasteiger charge is 2.36. The molecule has 0 atom stereocenters. The fraction of sp³-hybridized carbons (Fsp3) is 0.556. The van der Waals surface area contributed by atoms with Crippen LogP contribution >= 0.6 is 0 Å². The molecule has 0 aliphatic heterocycles. The van der Waals surface area contributed by atoms with Crippen LogP contribution in [0.5, 0.6) is 5.75 Å². The SMILES string of the molecule is CCC[Si](CCC)(CCC)OC(=O)N=NC(=O)Oc1ccc(C)cc1. The summed E-state index contributed by atoms with van der Waals surface area (Å²) in [5.74, 6) is 0.356. The van der Waals surface area contributed by atoms with E-state index in [-0.39, 0.29) is 0 Å². The van der Waals surface area contributed by atoms with E-state index < -0.39 is 20.5 Å². The minimum Gasteiger partial charge on any atom is -0.501 e. The second kappa shape index (κ2) is 10.8. The Bertz CT molecular complexity index is 570. The van der Waals surface area contributed by atoms with Gasteiger partial charge in [-0.05, 0) is 37.2 Å². The Kier molecular flexibility index (Phi) is 9.05. The standard InChI is InChI=1S/C18H28N2O4Si/c1-5-12-25(13-6-2,14-7-3)24-18(22)20-19-17(21)23-16-10-8-15(4)9-11-16/h8-11H,5-7,12-14H2,1-4H3. The average Bonchev–Trinajstić information content (AvgIpc) is 2.56. The molecule has 0 aromatic heterocycles.